The summed E-state index contributed by atoms with van der Waals surface area (Å²) in [6.07, 6.45) is 2.15. The van der Waals surface area contributed by atoms with Crippen molar-refractivity contribution in [3.63, 3.8) is 0 Å². The Bertz CT molecular complexity index is 644. The second-order valence-corrected chi connectivity index (χ2v) is 6.57. The summed E-state index contributed by atoms with van der Waals surface area (Å²) >= 11 is 0. The van der Waals surface area contributed by atoms with Crippen LogP contribution in [0.2, 0.25) is 0 Å². The van der Waals surface area contributed by atoms with Crippen LogP contribution in [0.1, 0.15) is 12.8 Å². The van der Waals surface area contributed by atoms with E-state index in [4.69, 9.17) is 0 Å². The van der Waals surface area contributed by atoms with Gasteiger partial charge in [-0.15, -0.1) is 0 Å². The number of halogens is 2. The number of hydrogen-bond acceptors (Lipinski definition) is 4. The van der Waals surface area contributed by atoms with E-state index in [0.29, 0.717) is 25.7 Å². The molecule has 0 radical (unpaired) electrons. The molecular formula is C17H22F2N4O2. The molecular weight excluding hydrogens is 330 g/mol. The normalized spacial score (nSPS) is 18.8. The number of piperazine rings is 1. The minimum atomic E-state index is -0.990. The predicted octanol–water partition coefficient (Wildman–Crippen LogP) is 0.800. The van der Waals surface area contributed by atoms with Crippen molar-refractivity contribution in [3.05, 3.63) is 29.8 Å². The van der Waals surface area contributed by atoms with Gasteiger partial charge in [0, 0.05) is 44.0 Å². The molecule has 25 heavy (non-hydrogen) atoms. The Hall–Kier alpha value is -2.06. The minimum Gasteiger partial charge on any atom is -0.352 e. The van der Waals surface area contributed by atoms with E-state index >= 15 is 0 Å². The van der Waals surface area contributed by atoms with Crippen LogP contribution in [0.4, 0.5) is 14.5 Å². The number of nitrogens with one attached hydrogen (secondary N) is 2. The first-order valence-electron chi connectivity index (χ1n) is 8.48. The van der Waals surface area contributed by atoms with Crippen LogP contribution in [0.5, 0.6) is 0 Å². The van der Waals surface area contributed by atoms with E-state index in [0.717, 1.165) is 38.1 Å². The number of carbonyl (C=O) groups excluding carboxylic acids is 2. The van der Waals surface area contributed by atoms with E-state index < -0.39 is 11.6 Å². The van der Waals surface area contributed by atoms with Gasteiger partial charge < -0.3 is 10.6 Å². The lowest BCUT2D eigenvalue weighted by Gasteiger charge is -2.33. The molecule has 1 aliphatic carbocycles. The van der Waals surface area contributed by atoms with Crippen molar-refractivity contribution in [2.75, 3.05) is 44.6 Å². The highest BCUT2D eigenvalue weighted by atomic mass is 19.2. The van der Waals surface area contributed by atoms with Crippen LogP contribution >= 0.6 is 0 Å². The van der Waals surface area contributed by atoms with E-state index in [1.54, 1.807) is 0 Å². The molecule has 0 spiro atoms. The summed E-state index contributed by atoms with van der Waals surface area (Å²) in [5.41, 5.74) is 0.235. The summed E-state index contributed by atoms with van der Waals surface area (Å²) in [6, 6.07) is 3.64. The Labute approximate surface area is 145 Å². The molecule has 2 N–H and O–H groups in total. The lowest BCUT2D eigenvalue weighted by molar-refractivity contribution is -0.123. The van der Waals surface area contributed by atoms with Crippen molar-refractivity contribution in [2.24, 2.45) is 0 Å². The highest BCUT2D eigenvalue weighted by molar-refractivity contribution is 5.92. The van der Waals surface area contributed by atoms with E-state index in [-0.39, 0.29) is 24.0 Å². The highest BCUT2D eigenvalue weighted by Gasteiger charge is 2.25. The van der Waals surface area contributed by atoms with E-state index in [9.17, 15) is 18.4 Å². The second-order valence-electron chi connectivity index (χ2n) is 6.57. The molecule has 3 rings (SSSR count). The van der Waals surface area contributed by atoms with Crippen molar-refractivity contribution in [1.29, 1.82) is 0 Å². The van der Waals surface area contributed by atoms with Crippen LogP contribution in [0.15, 0.2) is 18.2 Å². The van der Waals surface area contributed by atoms with Crippen molar-refractivity contribution >= 4 is 17.5 Å². The van der Waals surface area contributed by atoms with Gasteiger partial charge in [0.05, 0.1) is 13.1 Å². The molecule has 1 aliphatic heterocycles. The fourth-order valence-corrected chi connectivity index (χ4v) is 2.79. The van der Waals surface area contributed by atoms with E-state index in [2.05, 4.69) is 15.5 Å². The first kappa shape index (κ1) is 17.8. The summed E-state index contributed by atoms with van der Waals surface area (Å²) < 4.78 is 26.0. The summed E-state index contributed by atoms with van der Waals surface area (Å²) in [7, 11) is 0. The zero-order chi connectivity index (χ0) is 17.8. The topological polar surface area (TPSA) is 64.7 Å². The van der Waals surface area contributed by atoms with Gasteiger partial charge in [-0.2, -0.15) is 0 Å². The lowest BCUT2D eigenvalue weighted by Crippen LogP contribution is -2.51. The third-order valence-electron chi connectivity index (χ3n) is 4.35. The number of benzene rings is 1. The number of amides is 2. The third kappa shape index (κ3) is 5.47. The van der Waals surface area contributed by atoms with Crippen LogP contribution in [-0.2, 0) is 9.59 Å². The number of nitrogens with zero attached hydrogens (tertiary/aromatic N) is 2. The standard InChI is InChI=1S/C17H22F2N4O2/c18-14-4-3-13(9-15(14)19)21-17(25)11-23-7-5-22(6-8-23)10-16(24)20-12-1-2-12/h3-4,9,12H,1-2,5-8,10-11H2,(H,20,24)(H,21,25). The average Bonchev–Trinajstić information content (AvgIpc) is 3.36. The molecule has 1 saturated carbocycles. The molecule has 1 aromatic rings. The van der Waals surface area contributed by atoms with Gasteiger partial charge in [-0.1, -0.05) is 0 Å². The van der Waals surface area contributed by atoms with Gasteiger partial charge in [0.25, 0.3) is 0 Å². The minimum absolute atomic E-state index is 0.0621. The number of hydrogen-bond donors (Lipinski definition) is 2. The number of rotatable bonds is 6. The van der Waals surface area contributed by atoms with Crippen molar-refractivity contribution in [2.45, 2.75) is 18.9 Å². The molecule has 1 saturated heterocycles. The lowest BCUT2D eigenvalue weighted by atomic mass is 10.2. The maximum atomic E-state index is 13.1. The molecule has 0 atom stereocenters. The fraction of sp³-hybridized carbons (Fsp3) is 0.529. The molecule has 0 aromatic heterocycles. The van der Waals surface area contributed by atoms with Gasteiger partial charge in [-0.25, -0.2) is 8.78 Å². The third-order valence-corrected chi connectivity index (χ3v) is 4.35. The second kappa shape index (κ2) is 7.88. The summed E-state index contributed by atoms with van der Waals surface area (Å²) in [6.45, 7) is 3.38. The molecule has 2 fully saturated rings. The Morgan fingerprint density at radius 2 is 1.56 bits per heavy atom. The van der Waals surface area contributed by atoms with Crippen LogP contribution in [0.3, 0.4) is 0 Å². The van der Waals surface area contributed by atoms with Gasteiger partial charge in [-0.05, 0) is 25.0 Å². The van der Waals surface area contributed by atoms with E-state index in [1.165, 1.54) is 6.07 Å². The molecule has 6 nitrogen and oxygen atoms in total. The van der Waals surface area contributed by atoms with Crippen LogP contribution < -0.4 is 10.6 Å². The maximum absolute atomic E-state index is 13.1. The van der Waals surface area contributed by atoms with Crippen molar-refractivity contribution < 1.29 is 18.4 Å². The zero-order valence-electron chi connectivity index (χ0n) is 13.9. The average molecular weight is 352 g/mol. The van der Waals surface area contributed by atoms with Gasteiger partial charge >= 0.3 is 0 Å². The van der Waals surface area contributed by atoms with Gasteiger partial charge in [-0.3, -0.25) is 19.4 Å². The molecule has 1 aromatic carbocycles. The Kier molecular flexibility index (Phi) is 5.60. The molecule has 8 heteroatoms. The summed E-state index contributed by atoms with van der Waals surface area (Å²) in [5.74, 6) is -2.14. The van der Waals surface area contributed by atoms with Crippen LogP contribution in [-0.4, -0.2) is 66.9 Å². The molecule has 1 heterocycles. The Morgan fingerprint density at radius 3 is 2.12 bits per heavy atom. The molecule has 2 amide bonds. The SMILES string of the molecule is O=C(CN1CCN(CC(=O)NC2CC2)CC1)Nc1ccc(F)c(F)c1. The largest absolute Gasteiger partial charge is 0.352 e. The van der Waals surface area contributed by atoms with Crippen LogP contribution in [0, 0.1) is 11.6 Å². The van der Waals surface area contributed by atoms with Crippen LogP contribution in [0.25, 0.3) is 0 Å². The molecule has 2 aliphatic rings. The van der Waals surface area contributed by atoms with Gasteiger partial charge in [0.2, 0.25) is 11.8 Å². The number of carbonyl (C=O) groups is 2. The van der Waals surface area contributed by atoms with Crippen molar-refractivity contribution in [3.8, 4) is 0 Å². The van der Waals surface area contributed by atoms with E-state index in [1.807, 2.05) is 4.90 Å². The van der Waals surface area contributed by atoms with Crippen molar-refractivity contribution in [1.82, 2.24) is 15.1 Å². The monoisotopic (exact) mass is 352 g/mol. The Morgan fingerprint density at radius 1 is 0.960 bits per heavy atom. The highest BCUT2D eigenvalue weighted by Crippen LogP contribution is 2.18. The smallest absolute Gasteiger partial charge is 0.238 e. The van der Waals surface area contributed by atoms with Gasteiger partial charge in [0.15, 0.2) is 11.6 Å². The molecule has 0 bridgehead atoms. The molecule has 0 unspecified atom stereocenters. The summed E-state index contributed by atoms with van der Waals surface area (Å²) in [5, 5.41) is 5.53. The quantitative estimate of drug-likeness (QED) is 0.795. The fourth-order valence-electron chi connectivity index (χ4n) is 2.79. The first-order chi connectivity index (χ1) is 12.0. The zero-order valence-corrected chi connectivity index (χ0v) is 13.9. The number of anilines is 1. The maximum Gasteiger partial charge on any atom is 0.238 e. The molecule has 136 valence electrons. The summed E-state index contributed by atoms with van der Waals surface area (Å²) in [4.78, 5) is 27.9. The van der Waals surface area contributed by atoms with Gasteiger partial charge in [0.1, 0.15) is 0 Å². The first-order valence-corrected chi connectivity index (χ1v) is 8.48. The predicted molar refractivity (Wildman–Crippen MR) is 89.0 cm³/mol. The Balaban J connectivity index is 1.38.